The second-order valence-corrected chi connectivity index (χ2v) is 4.80. The molecule has 0 atom stereocenters. The van der Waals surface area contributed by atoms with Gasteiger partial charge in [-0.1, -0.05) is 18.2 Å². The lowest BCUT2D eigenvalue weighted by Gasteiger charge is -2.09. The van der Waals surface area contributed by atoms with Crippen LogP contribution < -0.4 is 5.32 Å². The van der Waals surface area contributed by atoms with Crippen LogP contribution in [0.2, 0.25) is 0 Å². The first-order valence-electron chi connectivity index (χ1n) is 5.58. The SMILES string of the molecule is O=C(O)c1ccc(NCc2ccccc2F)cc1Br. The summed E-state index contributed by atoms with van der Waals surface area (Å²) in [4.78, 5) is 10.9. The zero-order chi connectivity index (χ0) is 13.8. The summed E-state index contributed by atoms with van der Waals surface area (Å²) in [6.07, 6.45) is 0. The molecule has 2 rings (SSSR count). The van der Waals surface area contributed by atoms with Crippen LogP contribution in [-0.2, 0) is 6.54 Å². The van der Waals surface area contributed by atoms with Crippen LogP contribution in [0.1, 0.15) is 15.9 Å². The fraction of sp³-hybridized carbons (Fsp3) is 0.0714. The van der Waals surface area contributed by atoms with Crippen molar-refractivity contribution in [2.45, 2.75) is 6.54 Å². The van der Waals surface area contributed by atoms with Crippen LogP contribution in [0.25, 0.3) is 0 Å². The van der Waals surface area contributed by atoms with Crippen molar-refractivity contribution in [2.24, 2.45) is 0 Å². The molecule has 0 spiro atoms. The largest absolute Gasteiger partial charge is 0.478 e. The molecule has 0 saturated carbocycles. The summed E-state index contributed by atoms with van der Waals surface area (Å²) in [6.45, 7) is 0.339. The number of carbonyl (C=O) groups is 1. The monoisotopic (exact) mass is 323 g/mol. The molecule has 5 heteroatoms. The molecule has 0 saturated heterocycles. The number of hydrogen-bond acceptors (Lipinski definition) is 2. The van der Waals surface area contributed by atoms with Gasteiger partial charge in [0.15, 0.2) is 0 Å². The van der Waals surface area contributed by atoms with Gasteiger partial charge in [-0.25, -0.2) is 9.18 Å². The van der Waals surface area contributed by atoms with Gasteiger partial charge >= 0.3 is 5.97 Å². The first kappa shape index (κ1) is 13.5. The van der Waals surface area contributed by atoms with Crippen molar-refractivity contribution >= 4 is 27.6 Å². The maximum atomic E-state index is 13.4. The topological polar surface area (TPSA) is 49.3 Å². The maximum absolute atomic E-state index is 13.4. The van der Waals surface area contributed by atoms with E-state index in [1.165, 1.54) is 12.1 Å². The predicted octanol–water partition coefficient (Wildman–Crippen LogP) is 3.90. The average Bonchev–Trinajstić information content (AvgIpc) is 2.37. The molecule has 3 nitrogen and oxygen atoms in total. The number of benzene rings is 2. The number of rotatable bonds is 4. The number of nitrogens with one attached hydrogen (secondary N) is 1. The van der Waals surface area contributed by atoms with E-state index in [0.29, 0.717) is 16.6 Å². The Morgan fingerprint density at radius 2 is 2.00 bits per heavy atom. The van der Waals surface area contributed by atoms with Crippen molar-refractivity contribution in [1.82, 2.24) is 0 Å². The minimum atomic E-state index is -0.993. The third kappa shape index (κ3) is 3.32. The minimum absolute atomic E-state index is 0.191. The summed E-state index contributed by atoms with van der Waals surface area (Å²) in [5.41, 5.74) is 1.47. The molecule has 0 fully saturated rings. The van der Waals surface area contributed by atoms with E-state index in [9.17, 15) is 9.18 Å². The van der Waals surface area contributed by atoms with Crippen molar-refractivity contribution in [3.05, 3.63) is 63.9 Å². The van der Waals surface area contributed by atoms with Gasteiger partial charge in [0.2, 0.25) is 0 Å². The molecule has 0 amide bonds. The van der Waals surface area contributed by atoms with Gasteiger partial charge in [-0.3, -0.25) is 0 Å². The fourth-order valence-electron chi connectivity index (χ4n) is 1.64. The van der Waals surface area contributed by atoms with Gasteiger partial charge in [-0.15, -0.1) is 0 Å². The standard InChI is InChI=1S/C14H11BrFNO2/c15-12-7-10(5-6-11(12)14(18)19)17-8-9-3-1-2-4-13(9)16/h1-7,17H,8H2,(H,18,19). The van der Waals surface area contributed by atoms with Crippen molar-refractivity contribution < 1.29 is 14.3 Å². The van der Waals surface area contributed by atoms with Gasteiger partial charge in [-0.2, -0.15) is 0 Å². The lowest BCUT2D eigenvalue weighted by atomic mass is 10.2. The molecule has 0 aromatic heterocycles. The second kappa shape index (κ2) is 5.84. The van der Waals surface area contributed by atoms with Crippen LogP contribution in [-0.4, -0.2) is 11.1 Å². The van der Waals surface area contributed by atoms with E-state index in [1.54, 1.807) is 30.3 Å². The summed E-state index contributed by atoms with van der Waals surface area (Å²) in [6, 6.07) is 11.3. The summed E-state index contributed by atoms with van der Waals surface area (Å²) in [5.74, 6) is -1.26. The molecule has 98 valence electrons. The normalized spacial score (nSPS) is 10.2. The van der Waals surface area contributed by atoms with E-state index in [-0.39, 0.29) is 11.4 Å². The van der Waals surface area contributed by atoms with Crippen molar-refractivity contribution in [2.75, 3.05) is 5.32 Å². The highest BCUT2D eigenvalue weighted by Gasteiger charge is 2.08. The van der Waals surface area contributed by atoms with Gasteiger partial charge in [0.05, 0.1) is 5.56 Å². The molecule has 0 unspecified atom stereocenters. The maximum Gasteiger partial charge on any atom is 0.336 e. The molecule has 0 aliphatic rings. The number of aromatic carboxylic acids is 1. The number of carboxylic acid groups (broad SMARTS) is 1. The Morgan fingerprint density at radius 1 is 1.26 bits per heavy atom. The minimum Gasteiger partial charge on any atom is -0.478 e. The van der Waals surface area contributed by atoms with Gasteiger partial charge < -0.3 is 10.4 Å². The Kier molecular flexibility index (Phi) is 4.16. The zero-order valence-corrected chi connectivity index (χ0v) is 11.4. The zero-order valence-electron chi connectivity index (χ0n) is 9.86. The predicted molar refractivity (Wildman–Crippen MR) is 74.8 cm³/mol. The lowest BCUT2D eigenvalue weighted by molar-refractivity contribution is 0.0696. The van der Waals surface area contributed by atoms with Gasteiger partial charge in [0.25, 0.3) is 0 Å². The Morgan fingerprint density at radius 3 is 2.63 bits per heavy atom. The van der Waals surface area contributed by atoms with Gasteiger partial charge in [0.1, 0.15) is 5.82 Å². The van der Waals surface area contributed by atoms with Gasteiger partial charge in [-0.05, 0) is 40.2 Å². The highest BCUT2D eigenvalue weighted by Crippen LogP contribution is 2.22. The van der Waals surface area contributed by atoms with E-state index in [0.717, 1.165) is 5.69 Å². The molecule has 19 heavy (non-hydrogen) atoms. The number of hydrogen-bond donors (Lipinski definition) is 2. The second-order valence-electron chi connectivity index (χ2n) is 3.94. The summed E-state index contributed by atoms with van der Waals surface area (Å²) in [7, 11) is 0. The van der Waals surface area contributed by atoms with Crippen LogP contribution in [0, 0.1) is 5.82 Å². The molecule has 0 aliphatic heterocycles. The first-order valence-corrected chi connectivity index (χ1v) is 6.37. The highest BCUT2D eigenvalue weighted by atomic mass is 79.9. The van der Waals surface area contributed by atoms with E-state index >= 15 is 0 Å². The third-order valence-corrected chi connectivity index (χ3v) is 3.30. The van der Waals surface area contributed by atoms with Crippen LogP contribution >= 0.6 is 15.9 Å². The van der Waals surface area contributed by atoms with Crippen molar-refractivity contribution in [3.63, 3.8) is 0 Å². The molecular weight excluding hydrogens is 313 g/mol. The summed E-state index contributed by atoms with van der Waals surface area (Å²) < 4.78 is 13.9. The van der Waals surface area contributed by atoms with Crippen molar-refractivity contribution in [3.8, 4) is 0 Å². The Bertz CT molecular complexity index is 616. The molecule has 2 aromatic rings. The molecule has 0 heterocycles. The van der Waals surface area contributed by atoms with Gasteiger partial charge in [0, 0.05) is 22.3 Å². The molecule has 2 N–H and O–H groups in total. The van der Waals surface area contributed by atoms with E-state index < -0.39 is 5.97 Å². The smallest absolute Gasteiger partial charge is 0.336 e. The van der Waals surface area contributed by atoms with Crippen LogP contribution in [0.15, 0.2) is 46.9 Å². The first-order chi connectivity index (χ1) is 9.08. The molecule has 2 aromatic carbocycles. The lowest BCUT2D eigenvalue weighted by Crippen LogP contribution is -2.03. The molecule has 0 bridgehead atoms. The quantitative estimate of drug-likeness (QED) is 0.897. The Balaban J connectivity index is 2.11. The summed E-state index contributed by atoms with van der Waals surface area (Å²) in [5, 5.41) is 11.9. The molecule has 0 aliphatic carbocycles. The highest BCUT2D eigenvalue weighted by molar-refractivity contribution is 9.10. The van der Waals surface area contributed by atoms with Crippen molar-refractivity contribution in [1.29, 1.82) is 0 Å². The van der Waals surface area contributed by atoms with Crippen LogP contribution in [0.3, 0.4) is 0 Å². The number of halogens is 2. The van der Waals surface area contributed by atoms with Crippen LogP contribution in [0.4, 0.5) is 10.1 Å². The average molecular weight is 324 g/mol. The molecular formula is C14H11BrFNO2. The Labute approximate surface area is 118 Å². The van der Waals surface area contributed by atoms with E-state index in [2.05, 4.69) is 21.2 Å². The van der Waals surface area contributed by atoms with E-state index in [1.807, 2.05) is 0 Å². The van der Waals surface area contributed by atoms with Crippen LogP contribution in [0.5, 0.6) is 0 Å². The fourth-order valence-corrected chi connectivity index (χ4v) is 2.19. The molecule has 0 radical (unpaired) electrons. The van der Waals surface area contributed by atoms with E-state index in [4.69, 9.17) is 5.11 Å². The Hall–Kier alpha value is -1.88. The third-order valence-electron chi connectivity index (χ3n) is 2.64. The summed E-state index contributed by atoms with van der Waals surface area (Å²) >= 11 is 3.19. The number of carboxylic acids is 1. The number of anilines is 1.